The van der Waals surface area contributed by atoms with Crippen LogP contribution in [-0.4, -0.2) is 45.4 Å². The van der Waals surface area contributed by atoms with Crippen LogP contribution in [0.3, 0.4) is 0 Å². The van der Waals surface area contributed by atoms with Gasteiger partial charge in [-0.2, -0.15) is 13.2 Å². The molecule has 0 aliphatic carbocycles. The molecule has 132 valence electrons. The Morgan fingerprint density at radius 3 is 2.38 bits per heavy atom. The Labute approximate surface area is 140 Å². The standard InChI is InChI=1S/C14H16F3N3O3S/c1-20-12(14(15,16)17)18-19-13(20)24-8-9(21)7-23-11-5-3-10(22-2)4-6-11/h3-6,9,21H,7-8H2,1-2H3/t9-/m0/s1. The molecule has 0 radical (unpaired) electrons. The van der Waals surface area contributed by atoms with E-state index in [1.54, 1.807) is 31.4 Å². The fourth-order valence-corrected chi connectivity index (χ4v) is 2.59. The molecule has 0 unspecified atom stereocenters. The van der Waals surface area contributed by atoms with Crippen molar-refractivity contribution in [3.8, 4) is 11.5 Å². The Hall–Kier alpha value is -1.94. The smallest absolute Gasteiger partial charge is 0.451 e. The lowest BCUT2D eigenvalue weighted by Gasteiger charge is -2.12. The molecule has 0 saturated heterocycles. The van der Waals surface area contributed by atoms with Gasteiger partial charge in [-0.25, -0.2) is 0 Å². The lowest BCUT2D eigenvalue weighted by molar-refractivity contribution is -0.147. The number of halogens is 3. The summed E-state index contributed by atoms with van der Waals surface area (Å²) in [4.78, 5) is 0. The summed E-state index contributed by atoms with van der Waals surface area (Å²) in [6.45, 7) is 0.00328. The number of ether oxygens (including phenoxy) is 2. The molecule has 1 N–H and O–H groups in total. The van der Waals surface area contributed by atoms with Crippen molar-refractivity contribution in [2.45, 2.75) is 17.4 Å². The molecule has 2 rings (SSSR count). The van der Waals surface area contributed by atoms with Crippen LogP contribution in [-0.2, 0) is 13.2 Å². The first-order valence-electron chi connectivity index (χ1n) is 6.85. The predicted octanol–water partition coefficient (Wildman–Crippen LogP) is 2.37. The van der Waals surface area contributed by atoms with Gasteiger partial charge in [0.2, 0.25) is 5.82 Å². The van der Waals surface area contributed by atoms with E-state index in [4.69, 9.17) is 9.47 Å². The molecule has 10 heteroatoms. The van der Waals surface area contributed by atoms with Crippen LogP contribution in [0.15, 0.2) is 29.4 Å². The maximum absolute atomic E-state index is 12.6. The predicted molar refractivity (Wildman–Crippen MR) is 81.2 cm³/mol. The summed E-state index contributed by atoms with van der Waals surface area (Å²) in [5, 5.41) is 16.6. The Morgan fingerprint density at radius 2 is 1.83 bits per heavy atom. The van der Waals surface area contributed by atoms with Crippen LogP contribution in [0.5, 0.6) is 11.5 Å². The van der Waals surface area contributed by atoms with Crippen LogP contribution in [0.2, 0.25) is 0 Å². The first kappa shape index (κ1) is 18.4. The minimum atomic E-state index is -4.56. The summed E-state index contributed by atoms with van der Waals surface area (Å²) >= 11 is 0.973. The number of aromatic nitrogens is 3. The van der Waals surface area contributed by atoms with Crippen molar-refractivity contribution < 1.29 is 27.8 Å². The SMILES string of the molecule is COc1ccc(OC[C@H](O)CSc2nnc(C(F)(F)F)n2C)cc1. The second-order valence-corrected chi connectivity index (χ2v) is 5.80. The van der Waals surface area contributed by atoms with E-state index < -0.39 is 18.1 Å². The first-order chi connectivity index (χ1) is 11.3. The summed E-state index contributed by atoms with van der Waals surface area (Å²) in [6, 6.07) is 6.82. The van der Waals surface area contributed by atoms with Gasteiger partial charge in [-0.15, -0.1) is 10.2 Å². The van der Waals surface area contributed by atoms with E-state index in [2.05, 4.69) is 10.2 Å². The molecule has 1 heterocycles. The third-order valence-corrected chi connectivity index (χ3v) is 4.16. The van der Waals surface area contributed by atoms with E-state index in [9.17, 15) is 18.3 Å². The Bertz CT molecular complexity index is 662. The monoisotopic (exact) mass is 363 g/mol. The second-order valence-electron chi connectivity index (χ2n) is 4.81. The van der Waals surface area contributed by atoms with E-state index in [0.29, 0.717) is 11.5 Å². The third kappa shape index (κ3) is 4.78. The molecule has 1 atom stereocenters. The number of aliphatic hydroxyl groups excluding tert-OH is 1. The molecule has 0 saturated carbocycles. The van der Waals surface area contributed by atoms with E-state index >= 15 is 0 Å². The molecule has 24 heavy (non-hydrogen) atoms. The lowest BCUT2D eigenvalue weighted by atomic mass is 10.3. The molecule has 0 aliphatic rings. The number of benzene rings is 1. The first-order valence-corrected chi connectivity index (χ1v) is 7.84. The number of methoxy groups -OCH3 is 1. The molecule has 0 spiro atoms. The number of nitrogens with zero attached hydrogens (tertiary/aromatic N) is 3. The van der Waals surface area contributed by atoms with Crippen LogP contribution >= 0.6 is 11.8 Å². The van der Waals surface area contributed by atoms with Gasteiger partial charge < -0.3 is 19.1 Å². The van der Waals surface area contributed by atoms with E-state index in [1.165, 1.54) is 7.05 Å². The maximum Gasteiger partial charge on any atom is 0.451 e. The minimum absolute atomic E-state index is 0.00328. The maximum atomic E-state index is 12.6. The third-order valence-electron chi connectivity index (χ3n) is 3.00. The molecule has 0 amide bonds. The molecule has 0 fully saturated rings. The number of rotatable bonds is 7. The van der Waals surface area contributed by atoms with Crippen LogP contribution in [0, 0.1) is 0 Å². The summed E-state index contributed by atoms with van der Waals surface area (Å²) < 4.78 is 49.1. The number of alkyl halides is 3. The lowest BCUT2D eigenvalue weighted by Crippen LogP contribution is -2.20. The quantitative estimate of drug-likeness (QED) is 0.762. The minimum Gasteiger partial charge on any atom is -0.497 e. The number of hydrogen-bond donors (Lipinski definition) is 1. The molecular weight excluding hydrogens is 347 g/mol. The van der Waals surface area contributed by atoms with Gasteiger partial charge in [0.15, 0.2) is 5.16 Å². The highest BCUT2D eigenvalue weighted by Gasteiger charge is 2.37. The van der Waals surface area contributed by atoms with Gasteiger partial charge in [-0.3, -0.25) is 0 Å². The van der Waals surface area contributed by atoms with Crippen LogP contribution in [0.1, 0.15) is 5.82 Å². The zero-order valence-electron chi connectivity index (χ0n) is 12.9. The van der Waals surface area contributed by atoms with Gasteiger partial charge in [-0.05, 0) is 24.3 Å². The summed E-state index contributed by atoms with van der Waals surface area (Å²) in [7, 11) is 2.78. The molecular formula is C14H16F3N3O3S. The van der Waals surface area contributed by atoms with Crippen molar-refractivity contribution >= 4 is 11.8 Å². The molecule has 0 aliphatic heterocycles. The van der Waals surface area contributed by atoms with E-state index in [1.807, 2.05) is 0 Å². The van der Waals surface area contributed by atoms with Gasteiger partial charge >= 0.3 is 6.18 Å². The summed E-state index contributed by atoms with van der Waals surface area (Å²) in [5.74, 6) is 0.285. The average molecular weight is 363 g/mol. The number of hydrogen-bond acceptors (Lipinski definition) is 6. The van der Waals surface area contributed by atoms with E-state index in [0.717, 1.165) is 16.3 Å². The zero-order valence-corrected chi connectivity index (χ0v) is 13.8. The summed E-state index contributed by atoms with van der Waals surface area (Å²) in [6.07, 6.45) is -5.43. The van der Waals surface area contributed by atoms with Crippen molar-refractivity contribution in [3.63, 3.8) is 0 Å². The normalized spacial score (nSPS) is 12.9. The van der Waals surface area contributed by atoms with Gasteiger partial charge in [0.25, 0.3) is 0 Å². The van der Waals surface area contributed by atoms with Crippen molar-refractivity contribution in [2.24, 2.45) is 7.05 Å². The molecule has 2 aromatic rings. The number of thioether (sulfide) groups is 1. The van der Waals surface area contributed by atoms with Crippen LogP contribution in [0.4, 0.5) is 13.2 Å². The molecule has 1 aromatic carbocycles. The topological polar surface area (TPSA) is 69.4 Å². The fraction of sp³-hybridized carbons (Fsp3) is 0.429. The van der Waals surface area contributed by atoms with E-state index in [-0.39, 0.29) is 17.5 Å². The Morgan fingerprint density at radius 1 is 1.21 bits per heavy atom. The van der Waals surface area contributed by atoms with Crippen LogP contribution in [0.25, 0.3) is 0 Å². The second kappa shape index (κ2) is 7.75. The largest absolute Gasteiger partial charge is 0.497 e. The Kier molecular flexibility index (Phi) is 5.94. The van der Waals surface area contributed by atoms with Crippen molar-refractivity contribution in [3.05, 3.63) is 30.1 Å². The molecule has 1 aromatic heterocycles. The van der Waals surface area contributed by atoms with Gasteiger partial charge in [-0.1, -0.05) is 11.8 Å². The number of aliphatic hydroxyl groups is 1. The highest BCUT2D eigenvalue weighted by molar-refractivity contribution is 7.99. The molecule has 6 nitrogen and oxygen atoms in total. The highest BCUT2D eigenvalue weighted by Crippen LogP contribution is 2.29. The van der Waals surface area contributed by atoms with Gasteiger partial charge in [0, 0.05) is 12.8 Å². The Balaban J connectivity index is 1.82. The van der Waals surface area contributed by atoms with Crippen molar-refractivity contribution in [1.82, 2.24) is 14.8 Å². The van der Waals surface area contributed by atoms with Crippen LogP contribution < -0.4 is 9.47 Å². The average Bonchev–Trinajstić information content (AvgIpc) is 2.92. The molecule has 0 bridgehead atoms. The highest BCUT2D eigenvalue weighted by atomic mass is 32.2. The van der Waals surface area contributed by atoms with Crippen molar-refractivity contribution in [2.75, 3.05) is 19.5 Å². The van der Waals surface area contributed by atoms with Crippen molar-refractivity contribution in [1.29, 1.82) is 0 Å². The zero-order chi connectivity index (χ0) is 17.7. The summed E-state index contributed by atoms with van der Waals surface area (Å²) in [5.41, 5.74) is 0. The van der Waals surface area contributed by atoms with Gasteiger partial charge in [0.1, 0.15) is 18.1 Å². The fourth-order valence-electron chi connectivity index (χ4n) is 1.77. The van der Waals surface area contributed by atoms with Gasteiger partial charge in [0.05, 0.1) is 13.2 Å².